The minimum absolute atomic E-state index is 0.0530. The van der Waals surface area contributed by atoms with Crippen molar-refractivity contribution in [2.45, 2.75) is 52.5 Å². The molecule has 3 heteroatoms. The highest BCUT2D eigenvalue weighted by atomic mass is 15.4. The number of aromatic nitrogens is 3. The van der Waals surface area contributed by atoms with E-state index in [2.05, 4.69) is 44.2 Å². The third-order valence-corrected chi connectivity index (χ3v) is 2.01. The Morgan fingerprint density at radius 1 is 1.38 bits per heavy atom. The summed E-state index contributed by atoms with van der Waals surface area (Å²) < 4.78 is 1.93. The molecule has 0 fully saturated rings. The quantitative estimate of drug-likeness (QED) is 0.716. The number of hydrogen-bond acceptors (Lipinski definition) is 2. The lowest BCUT2D eigenvalue weighted by Gasteiger charge is -2.17. The first-order valence-corrected chi connectivity index (χ1v) is 4.95. The standard InChI is InChI=1S/C10H19N3/c1-5-6-7-9-8-13(12-11-9)10(2,3)4/h8H,5-7H2,1-4H3. The summed E-state index contributed by atoms with van der Waals surface area (Å²) in [5.74, 6) is 0. The molecule has 0 N–H and O–H groups in total. The number of aryl methyl sites for hydroxylation is 1. The summed E-state index contributed by atoms with van der Waals surface area (Å²) in [7, 11) is 0. The van der Waals surface area contributed by atoms with Gasteiger partial charge >= 0.3 is 0 Å². The zero-order valence-electron chi connectivity index (χ0n) is 9.04. The maximum Gasteiger partial charge on any atom is 0.0827 e. The third-order valence-electron chi connectivity index (χ3n) is 2.01. The highest BCUT2D eigenvalue weighted by molar-refractivity contribution is 4.94. The van der Waals surface area contributed by atoms with Gasteiger partial charge in [-0.15, -0.1) is 5.10 Å². The first-order valence-electron chi connectivity index (χ1n) is 4.95. The van der Waals surface area contributed by atoms with Gasteiger partial charge in [0, 0.05) is 6.20 Å². The SMILES string of the molecule is CCCCc1cn(C(C)(C)C)nn1. The Morgan fingerprint density at radius 3 is 2.54 bits per heavy atom. The van der Waals surface area contributed by atoms with Crippen LogP contribution in [0.5, 0.6) is 0 Å². The lowest BCUT2D eigenvalue weighted by atomic mass is 10.1. The van der Waals surface area contributed by atoms with Gasteiger partial charge in [-0.3, -0.25) is 0 Å². The fourth-order valence-electron chi connectivity index (χ4n) is 1.10. The topological polar surface area (TPSA) is 30.7 Å². The molecule has 0 atom stereocenters. The van der Waals surface area contributed by atoms with Gasteiger partial charge in [-0.2, -0.15) is 0 Å². The summed E-state index contributed by atoms with van der Waals surface area (Å²) >= 11 is 0. The van der Waals surface area contributed by atoms with Crippen LogP contribution in [0, 0.1) is 0 Å². The molecule has 0 unspecified atom stereocenters. The van der Waals surface area contributed by atoms with E-state index in [-0.39, 0.29) is 5.54 Å². The Hall–Kier alpha value is -0.860. The highest BCUT2D eigenvalue weighted by Crippen LogP contribution is 2.12. The Balaban J connectivity index is 2.64. The van der Waals surface area contributed by atoms with Crippen molar-refractivity contribution >= 4 is 0 Å². The fraction of sp³-hybridized carbons (Fsp3) is 0.800. The smallest absolute Gasteiger partial charge is 0.0827 e. The van der Waals surface area contributed by atoms with E-state index < -0.39 is 0 Å². The molecule has 0 radical (unpaired) electrons. The lowest BCUT2D eigenvalue weighted by molar-refractivity contribution is 0.347. The van der Waals surface area contributed by atoms with Crippen LogP contribution in [0.4, 0.5) is 0 Å². The summed E-state index contributed by atoms with van der Waals surface area (Å²) in [4.78, 5) is 0. The minimum atomic E-state index is 0.0530. The molecule has 0 saturated heterocycles. The summed E-state index contributed by atoms with van der Waals surface area (Å²) in [6.07, 6.45) is 5.51. The predicted octanol–water partition coefficient (Wildman–Crippen LogP) is 2.38. The maximum atomic E-state index is 4.13. The van der Waals surface area contributed by atoms with Crippen LogP contribution in [-0.4, -0.2) is 15.0 Å². The summed E-state index contributed by atoms with van der Waals surface area (Å²) in [6.45, 7) is 8.58. The van der Waals surface area contributed by atoms with Gasteiger partial charge in [0.05, 0.1) is 11.2 Å². The van der Waals surface area contributed by atoms with E-state index in [1.807, 2.05) is 4.68 Å². The van der Waals surface area contributed by atoms with Crippen molar-refractivity contribution < 1.29 is 0 Å². The van der Waals surface area contributed by atoms with Gasteiger partial charge < -0.3 is 0 Å². The molecule has 74 valence electrons. The summed E-state index contributed by atoms with van der Waals surface area (Å²) in [5, 5.41) is 8.24. The van der Waals surface area contributed by atoms with Crippen LogP contribution in [0.3, 0.4) is 0 Å². The zero-order valence-corrected chi connectivity index (χ0v) is 9.04. The number of nitrogens with zero attached hydrogens (tertiary/aromatic N) is 3. The second-order valence-corrected chi connectivity index (χ2v) is 4.43. The Kier molecular flexibility index (Phi) is 3.07. The van der Waals surface area contributed by atoms with Crippen LogP contribution in [0.25, 0.3) is 0 Å². The van der Waals surface area contributed by atoms with Gasteiger partial charge in [-0.05, 0) is 33.6 Å². The number of rotatable bonds is 3. The van der Waals surface area contributed by atoms with Gasteiger partial charge in [0.15, 0.2) is 0 Å². The maximum absolute atomic E-state index is 4.13. The van der Waals surface area contributed by atoms with Crippen LogP contribution in [0.1, 0.15) is 46.2 Å². The van der Waals surface area contributed by atoms with Crippen molar-refractivity contribution in [3.63, 3.8) is 0 Å². The Labute approximate surface area is 80.1 Å². The number of hydrogen-bond donors (Lipinski definition) is 0. The molecule has 0 aliphatic rings. The predicted molar refractivity (Wildman–Crippen MR) is 53.6 cm³/mol. The third kappa shape index (κ3) is 2.83. The molecule has 1 aromatic rings. The molecule has 0 aliphatic carbocycles. The normalized spacial score (nSPS) is 12.0. The van der Waals surface area contributed by atoms with E-state index in [0.29, 0.717) is 0 Å². The molecule has 13 heavy (non-hydrogen) atoms. The molecule has 1 rings (SSSR count). The van der Waals surface area contributed by atoms with Crippen LogP contribution in [-0.2, 0) is 12.0 Å². The molecule has 0 saturated carbocycles. The van der Waals surface area contributed by atoms with Crippen LogP contribution in [0.2, 0.25) is 0 Å². The fourth-order valence-corrected chi connectivity index (χ4v) is 1.10. The molecule has 1 heterocycles. The van der Waals surface area contributed by atoms with Crippen LogP contribution >= 0.6 is 0 Å². The molecule has 0 bridgehead atoms. The van der Waals surface area contributed by atoms with Crippen LogP contribution < -0.4 is 0 Å². The van der Waals surface area contributed by atoms with E-state index in [9.17, 15) is 0 Å². The van der Waals surface area contributed by atoms with Gasteiger partial charge in [-0.1, -0.05) is 18.6 Å². The van der Waals surface area contributed by atoms with Crippen molar-refractivity contribution in [3.8, 4) is 0 Å². The van der Waals surface area contributed by atoms with Crippen molar-refractivity contribution in [1.82, 2.24) is 15.0 Å². The van der Waals surface area contributed by atoms with Crippen molar-refractivity contribution in [2.24, 2.45) is 0 Å². The average Bonchev–Trinajstić information content (AvgIpc) is 2.47. The van der Waals surface area contributed by atoms with Crippen molar-refractivity contribution in [3.05, 3.63) is 11.9 Å². The van der Waals surface area contributed by atoms with Gasteiger partial charge in [0.1, 0.15) is 0 Å². The van der Waals surface area contributed by atoms with E-state index in [4.69, 9.17) is 0 Å². The highest BCUT2D eigenvalue weighted by Gasteiger charge is 2.14. The molecule has 3 nitrogen and oxygen atoms in total. The minimum Gasteiger partial charge on any atom is -0.247 e. The zero-order chi connectivity index (χ0) is 9.90. The molecule has 0 amide bonds. The van der Waals surface area contributed by atoms with Gasteiger partial charge in [0.2, 0.25) is 0 Å². The first-order chi connectivity index (χ1) is 6.04. The van der Waals surface area contributed by atoms with Gasteiger partial charge in [-0.25, -0.2) is 4.68 Å². The van der Waals surface area contributed by atoms with E-state index in [0.717, 1.165) is 12.1 Å². The largest absolute Gasteiger partial charge is 0.247 e. The first kappa shape index (κ1) is 10.2. The van der Waals surface area contributed by atoms with Crippen molar-refractivity contribution in [2.75, 3.05) is 0 Å². The molecule has 0 aliphatic heterocycles. The second kappa shape index (κ2) is 3.90. The van der Waals surface area contributed by atoms with E-state index >= 15 is 0 Å². The lowest BCUT2D eigenvalue weighted by Crippen LogP contribution is -2.22. The Bertz CT molecular complexity index is 257. The number of unbranched alkanes of at least 4 members (excludes halogenated alkanes) is 1. The summed E-state index contributed by atoms with van der Waals surface area (Å²) in [5.41, 5.74) is 1.16. The monoisotopic (exact) mass is 181 g/mol. The van der Waals surface area contributed by atoms with E-state index in [1.165, 1.54) is 12.8 Å². The van der Waals surface area contributed by atoms with Gasteiger partial charge in [0.25, 0.3) is 0 Å². The second-order valence-electron chi connectivity index (χ2n) is 4.43. The van der Waals surface area contributed by atoms with Crippen LogP contribution in [0.15, 0.2) is 6.20 Å². The summed E-state index contributed by atoms with van der Waals surface area (Å²) in [6, 6.07) is 0. The van der Waals surface area contributed by atoms with Crippen molar-refractivity contribution in [1.29, 1.82) is 0 Å². The molecule has 0 aromatic carbocycles. The molecular formula is C10H19N3. The Morgan fingerprint density at radius 2 is 2.08 bits per heavy atom. The molecular weight excluding hydrogens is 162 g/mol. The average molecular weight is 181 g/mol. The molecule has 1 aromatic heterocycles. The molecule has 0 spiro atoms. The van der Waals surface area contributed by atoms with E-state index in [1.54, 1.807) is 0 Å².